The van der Waals surface area contributed by atoms with E-state index in [1.54, 1.807) is 0 Å². The Balaban J connectivity index is 1.55. The molecule has 176 valence electrons. The minimum absolute atomic E-state index is 0.0687. The van der Waals surface area contributed by atoms with E-state index in [4.69, 9.17) is 4.98 Å². The molecule has 0 spiro atoms. The van der Waals surface area contributed by atoms with Crippen LogP contribution in [0.2, 0.25) is 0 Å². The van der Waals surface area contributed by atoms with E-state index in [1.807, 2.05) is 29.7 Å². The fourth-order valence-corrected chi connectivity index (χ4v) is 5.34. The molecule has 0 saturated carbocycles. The molecular weight excluding hydrogens is 476 g/mol. The highest BCUT2D eigenvalue weighted by molar-refractivity contribution is 9.10. The highest BCUT2D eigenvalue weighted by Gasteiger charge is 2.27. The van der Waals surface area contributed by atoms with Gasteiger partial charge in [-0.2, -0.15) is 0 Å². The third-order valence-electron chi connectivity index (χ3n) is 6.75. The van der Waals surface area contributed by atoms with Crippen LogP contribution in [0, 0.1) is 0 Å². The fraction of sp³-hybridized carbons (Fsp3) is 0.481. The average Bonchev–Trinajstić information content (AvgIpc) is 3.08. The van der Waals surface area contributed by atoms with Crippen molar-refractivity contribution < 1.29 is 0 Å². The summed E-state index contributed by atoms with van der Waals surface area (Å²) in [5.74, 6) is 0.928. The second-order valence-electron chi connectivity index (χ2n) is 8.95. The fourth-order valence-electron chi connectivity index (χ4n) is 4.98. The summed E-state index contributed by atoms with van der Waals surface area (Å²) >= 11 is 3.50. The van der Waals surface area contributed by atoms with Crippen molar-refractivity contribution in [1.82, 2.24) is 19.4 Å². The maximum Gasteiger partial charge on any atom is 0.261 e. The molecule has 0 amide bonds. The first-order valence-electron chi connectivity index (χ1n) is 12.3. The molecule has 1 saturated heterocycles. The lowest BCUT2D eigenvalue weighted by Gasteiger charge is -2.31. The Morgan fingerprint density at radius 1 is 1.03 bits per heavy atom. The standard InChI is InChI=1S/C27H35BrN4O/c1-3-9-25(26-29-24-13-12-22(28)20-23(24)27(33)32(26)4-2)31-16-8-15-30(18-19-31)17-14-21-10-6-5-7-11-21/h5-7,10-13,20,25H,3-4,8-9,14-19H2,1-2H3. The van der Waals surface area contributed by atoms with Crippen molar-refractivity contribution in [2.45, 2.75) is 52.1 Å². The first kappa shape index (κ1) is 24.1. The maximum atomic E-state index is 13.3. The van der Waals surface area contributed by atoms with Crippen molar-refractivity contribution in [3.63, 3.8) is 0 Å². The zero-order chi connectivity index (χ0) is 23.2. The molecule has 1 atom stereocenters. The van der Waals surface area contributed by atoms with Gasteiger partial charge in [-0.1, -0.05) is 59.6 Å². The van der Waals surface area contributed by atoms with Crippen LogP contribution in [0.5, 0.6) is 0 Å². The molecule has 0 aliphatic carbocycles. The molecule has 33 heavy (non-hydrogen) atoms. The summed E-state index contributed by atoms with van der Waals surface area (Å²) in [6.07, 6.45) is 4.32. The van der Waals surface area contributed by atoms with Gasteiger partial charge in [-0.25, -0.2) is 4.98 Å². The van der Waals surface area contributed by atoms with Gasteiger partial charge in [0.25, 0.3) is 5.56 Å². The number of halogens is 1. The van der Waals surface area contributed by atoms with Crippen molar-refractivity contribution >= 4 is 26.8 Å². The second-order valence-corrected chi connectivity index (χ2v) is 9.87. The van der Waals surface area contributed by atoms with Crippen molar-refractivity contribution in [2.75, 3.05) is 32.7 Å². The van der Waals surface area contributed by atoms with E-state index < -0.39 is 0 Å². The summed E-state index contributed by atoms with van der Waals surface area (Å²) < 4.78 is 2.81. The van der Waals surface area contributed by atoms with Gasteiger partial charge in [-0.3, -0.25) is 14.3 Å². The SMILES string of the molecule is CCCC(c1nc2ccc(Br)cc2c(=O)n1CC)N1CCCN(CCc2ccccc2)CC1. The van der Waals surface area contributed by atoms with Gasteiger partial charge in [0, 0.05) is 37.2 Å². The third kappa shape index (κ3) is 5.73. The first-order chi connectivity index (χ1) is 16.1. The summed E-state index contributed by atoms with van der Waals surface area (Å²) in [6.45, 7) is 10.3. The number of hydrogen-bond acceptors (Lipinski definition) is 4. The molecule has 3 aromatic rings. The quantitative estimate of drug-likeness (QED) is 0.413. The lowest BCUT2D eigenvalue weighted by molar-refractivity contribution is 0.177. The van der Waals surface area contributed by atoms with E-state index in [-0.39, 0.29) is 11.6 Å². The van der Waals surface area contributed by atoms with Gasteiger partial charge in [0.15, 0.2) is 0 Å². The normalized spacial score (nSPS) is 16.7. The number of rotatable bonds is 8. The minimum Gasteiger partial charge on any atom is -0.302 e. The molecule has 1 unspecified atom stereocenters. The van der Waals surface area contributed by atoms with Gasteiger partial charge in [0.05, 0.1) is 16.9 Å². The minimum atomic E-state index is 0.0687. The zero-order valence-electron chi connectivity index (χ0n) is 19.8. The van der Waals surface area contributed by atoms with Crippen molar-refractivity contribution in [3.05, 3.63) is 74.7 Å². The van der Waals surface area contributed by atoms with Gasteiger partial charge >= 0.3 is 0 Å². The van der Waals surface area contributed by atoms with Crippen molar-refractivity contribution in [2.24, 2.45) is 0 Å². The van der Waals surface area contributed by atoms with Gasteiger partial charge in [0.2, 0.25) is 0 Å². The Kier molecular flexibility index (Phi) is 8.34. The molecule has 0 bridgehead atoms. The van der Waals surface area contributed by atoms with Crippen LogP contribution in [0.15, 0.2) is 57.8 Å². The van der Waals surface area contributed by atoms with Crippen LogP contribution < -0.4 is 5.56 Å². The van der Waals surface area contributed by atoms with Crippen LogP contribution in [-0.4, -0.2) is 52.1 Å². The Morgan fingerprint density at radius 3 is 2.61 bits per heavy atom. The second kappa shape index (κ2) is 11.4. The number of fused-ring (bicyclic) bond motifs is 1. The molecule has 2 heterocycles. The molecule has 2 aromatic carbocycles. The predicted molar refractivity (Wildman–Crippen MR) is 140 cm³/mol. The summed E-state index contributed by atoms with van der Waals surface area (Å²) in [7, 11) is 0. The van der Waals surface area contributed by atoms with Gasteiger partial charge in [-0.05, 0) is 56.5 Å². The molecule has 6 heteroatoms. The van der Waals surface area contributed by atoms with Crippen LogP contribution in [0.4, 0.5) is 0 Å². The van der Waals surface area contributed by atoms with Crippen LogP contribution in [0.3, 0.4) is 0 Å². The Bertz CT molecular complexity index is 1110. The lowest BCUT2D eigenvalue weighted by atomic mass is 10.1. The van der Waals surface area contributed by atoms with E-state index in [0.29, 0.717) is 11.9 Å². The van der Waals surface area contributed by atoms with Crippen molar-refractivity contribution in [1.29, 1.82) is 0 Å². The Labute approximate surface area is 205 Å². The highest BCUT2D eigenvalue weighted by Crippen LogP contribution is 2.27. The van der Waals surface area contributed by atoms with Gasteiger partial charge in [-0.15, -0.1) is 0 Å². The predicted octanol–water partition coefficient (Wildman–Crippen LogP) is 5.27. The number of nitrogens with zero attached hydrogens (tertiary/aromatic N) is 4. The Morgan fingerprint density at radius 2 is 1.85 bits per heavy atom. The van der Waals surface area contributed by atoms with Crippen LogP contribution in [0.25, 0.3) is 10.9 Å². The molecule has 1 fully saturated rings. The number of benzene rings is 2. The van der Waals surface area contributed by atoms with Crippen LogP contribution in [-0.2, 0) is 13.0 Å². The molecular formula is C27H35BrN4O. The summed E-state index contributed by atoms with van der Waals surface area (Å²) in [5.41, 5.74) is 2.27. The largest absolute Gasteiger partial charge is 0.302 e. The van der Waals surface area contributed by atoms with Crippen molar-refractivity contribution in [3.8, 4) is 0 Å². The molecule has 5 nitrogen and oxygen atoms in total. The smallest absolute Gasteiger partial charge is 0.261 e. The summed E-state index contributed by atoms with van der Waals surface area (Å²) in [4.78, 5) is 23.6. The third-order valence-corrected chi connectivity index (χ3v) is 7.24. The van der Waals surface area contributed by atoms with E-state index >= 15 is 0 Å². The average molecular weight is 512 g/mol. The summed E-state index contributed by atoms with van der Waals surface area (Å²) in [5, 5.41) is 0.688. The highest BCUT2D eigenvalue weighted by atomic mass is 79.9. The lowest BCUT2D eigenvalue weighted by Crippen LogP contribution is -2.37. The van der Waals surface area contributed by atoms with Crippen LogP contribution >= 0.6 is 15.9 Å². The van der Waals surface area contributed by atoms with Crippen LogP contribution in [0.1, 0.15) is 50.5 Å². The van der Waals surface area contributed by atoms with E-state index in [2.05, 4.69) is 63.0 Å². The topological polar surface area (TPSA) is 41.4 Å². The molecule has 1 aliphatic heterocycles. The zero-order valence-corrected chi connectivity index (χ0v) is 21.4. The molecule has 0 radical (unpaired) electrons. The molecule has 4 rings (SSSR count). The maximum absolute atomic E-state index is 13.3. The molecule has 1 aliphatic rings. The molecule has 0 N–H and O–H groups in total. The Hall–Kier alpha value is -2.02. The van der Waals surface area contributed by atoms with E-state index in [9.17, 15) is 4.79 Å². The van der Waals surface area contributed by atoms with E-state index in [1.165, 1.54) is 5.56 Å². The molecule has 1 aromatic heterocycles. The number of aromatic nitrogens is 2. The van der Waals surface area contributed by atoms with Gasteiger partial charge < -0.3 is 4.90 Å². The summed E-state index contributed by atoms with van der Waals surface area (Å²) in [6, 6.07) is 16.8. The first-order valence-corrected chi connectivity index (χ1v) is 13.1. The van der Waals surface area contributed by atoms with E-state index in [0.717, 1.165) is 74.2 Å². The monoisotopic (exact) mass is 510 g/mol. The number of hydrogen-bond donors (Lipinski definition) is 0. The van der Waals surface area contributed by atoms with Gasteiger partial charge in [0.1, 0.15) is 5.82 Å².